The van der Waals surface area contributed by atoms with Gasteiger partial charge in [-0.15, -0.1) is 11.8 Å². The van der Waals surface area contributed by atoms with Crippen molar-refractivity contribution in [3.05, 3.63) is 62.7 Å². The lowest BCUT2D eigenvalue weighted by Crippen LogP contribution is -2.69. The highest BCUT2D eigenvalue weighted by Crippen LogP contribution is 2.65. The minimum absolute atomic E-state index is 0.0319. The van der Waals surface area contributed by atoms with Crippen LogP contribution in [0.4, 0.5) is 0 Å². The van der Waals surface area contributed by atoms with Gasteiger partial charge < -0.3 is 37.9 Å². The first-order valence-corrected chi connectivity index (χ1v) is 22.3. The smallest absolute Gasteiger partial charge is 0.331 e. The molecule has 61 heavy (non-hydrogen) atoms. The van der Waals surface area contributed by atoms with Gasteiger partial charge in [-0.25, -0.2) is 4.79 Å². The van der Waals surface area contributed by atoms with E-state index < -0.39 is 40.9 Å². The number of esters is 2. The molecule has 3 aromatic carbocycles. The average molecular weight is 855 g/mol. The predicted octanol–water partition coefficient (Wildman–Crippen LogP) is 6.15. The number of nitriles is 1. The Morgan fingerprint density at radius 2 is 1.74 bits per heavy atom. The Morgan fingerprint density at radius 3 is 2.46 bits per heavy atom. The van der Waals surface area contributed by atoms with E-state index in [1.54, 1.807) is 26.0 Å². The summed E-state index contributed by atoms with van der Waals surface area (Å²) in [5.74, 6) is 3.24. The third-order valence-electron chi connectivity index (χ3n) is 13.3. The quantitative estimate of drug-likeness (QED) is 0.193. The number of carbonyl (C=O) groups excluding carboxylic acids is 2. The Labute approximate surface area is 361 Å². The fourth-order valence-corrected chi connectivity index (χ4v) is 12.5. The Bertz CT molecular complexity index is 2330. The van der Waals surface area contributed by atoms with Gasteiger partial charge in [-0.3, -0.25) is 19.9 Å². The van der Waals surface area contributed by atoms with Crippen molar-refractivity contribution in [1.82, 2.24) is 15.1 Å². The van der Waals surface area contributed by atoms with Gasteiger partial charge in [-0.1, -0.05) is 19.9 Å². The maximum Gasteiger partial charge on any atom is 0.331 e. The molecule has 0 saturated carbocycles. The zero-order valence-electron chi connectivity index (χ0n) is 36.1. The lowest BCUT2D eigenvalue weighted by Gasteiger charge is -2.62. The Kier molecular flexibility index (Phi) is 10.9. The summed E-state index contributed by atoms with van der Waals surface area (Å²) in [6, 6.07) is 6.50. The van der Waals surface area contributed by atoms with Crippen LogP contribution in [0.1, 0.15) is 95.5 Å². The number of benzene rings is 3. The van der Waals surface area contributed by atoms with Crippen molar-refractivity contribution in [3.63, 3.8) is 0 Å². The third kappa shape index (κ3) is 6.30. The van der Waals surface area contributed by atoms with Gasteiger partial charge in [-0.2, -0.15) is 5.26 Å². The van der Waals surface area contributed by atoms with E-state index in [4.69, 9.17) is 37.9 Å². The normalized spacial score (nSPS) is 27.2. The van der Waals surface area contributed by atoms with Gasteiger partial charge in [0.2, 0.25) is 6.79 Å². The lowest BCUT2D eigenvalue weighted by atomic mass is 9.71. The minimum atomic E-state index is -1.29. The van der Waals surface area contributed by atoms with Crippen molar-refractivity contribution in [1.29, 1.82) is 5.26 Å². The fourth-order valence-electron chi connectivity index (χ4n) is 10.8. The zero-order chi connectivity index (χ0) is 42.9. The monoisotopic (exact) mass is 854 g/mol. The van der Waals surface area contributed by atoms with Crippen LogP contribution in [0.3, 0.4) is 0 Å². The van der Waals surface area contributed by atoms with Crippen molar-refractivity contribution in [2.24, 2.45) is 0 Å². The number of carbonyl (C=O) groups is 2. The molecule has 3 aromatic rings. The van der Waals surface area contributed by atoms with Gasteiger partial charge in [0.1, 0.15) is 18.4 Å². The second kappa shape index (κ2) is 16.1. The van der Waals surface area contributed by atoms with Gasteiger partial charge in [0.15, 0.2) is 40.0 Å². The molecule has 0 aliphatic carbocycles. The summed E-state index contributed by atoms with van der Waals surface area (Å²) >= 11 is 1.58. The van der Waals surface area contributed by atoms with Gasteiger partial charge >= 0.3 is 11.9 Å². The number of methoxy groups -OCH3 is 2. The number of rotatable bonds is 9. The second-order valence-electron chi connectivity index (χ2n) is 16.7. The van der Waals surface area contributed by atoms with E-state index in [0.717, 1.165) is 46.2 Å². The van der Waals surface area contributed by atoms with Gasteiger partial charge in [0.05, 0.1) is 50.8 Å². The Hall–Kier alpha value is -4.88. The summed E-state index contributed by atoms with van der Waals surface area (Å²) in [5, 5.41) is 14.5. The van der Waals surface area contributed by atoms with Crippen LogP contribution in [0.25, 0.3) is 0 Å². The summed E-state index contributed by atoms with van der Waals surface area (Å²) < 4.78 is 50.1. The molecular weight excluding hydrogens is 801 g/mol. The number of piperazine rings is 1. The van der Waals surface area contributed by atoms with E-state index in [1.165, 1.54) is 6.92 Å². The number of likely N-dealkylation sites (N-methyl/N-ethyl adjacent to an activating group) is 1. The molecule has 0 radical (unpaired) electrons. The molecule has 1 spiro atoms. The Morgan fingerprint density at radius 1 is 0.967 bits per heavy atom. The van der Waals surface area contributed by atoms with Crippen LogP contribution < -0.4 is 38.5 Å². The minimum Gasteiger partial charge on any atom is -0.493 e. The summed E-state index contributed by atoms with van der Waals surface area (Å²) in [6.07, 6.45) is 2.89. The molecule has 7 aliphatic heterocycles. The summed E-state index contributed by atoms with van der Waals surface area (Å²) in [6.45, 7) is 10.8. The largest absolute Gasteiger partial charge is 0.493 e. The number of ether oxygens (including phenoxy) is 8. The highest BCUT2D eigenvalue weighted by atomic mass is 32.2. The highest BCUT2D eigenvalue weighted by Gasteiger charge is 2.62. The average Bonchev–Trinajstić information content (AvgIpc) is 3.74. The molecule has 15 heteroatoms. The van der Waals surface area contributed by atoms with Gasteiger partial charge in [0, 0.05) is 53.6 Å². The summed E-state index contributed by atoms with van der Waals surface area (Å²) in [4.78, 5) is 32.8. The van der Waals surface area contributed by atoms with Crippen LogP contribution >= 0.6 is 11.8 Å². The van der Waals surface area contributed by atoms with E-state index in [0.29, 0.717) is 84.0 Å². The molecule has 7 aliphatic rings. The number of nitrogens with one attached hydrogen (secondary N) is 1. The topological polar surface area (TPSA) is 150 Å². The van der Waals surface area contributed by atoms with E-state index in [2.05, 4.69) is 48.1 Å². The van der Waals surface area contributed by atoms with Crippen LogP contribution in [0.15, 0.2) is 18.2 Å². The number of hydrogen-bond acceptors (Lipinski definition) is 15. The first-order valence-electron chi connectivity index (χ1n) is 21.3. The summed E-state index contributed by atoms with van der Waals surface area (Å²) in [5.41, 5.74) is 5.64. The van der Waals surface area contributed by atoms with Crippen molar-refractivity contribution in [2.45, 2.75) is 101 Å². The standard InChI is InChI=1S/C46H54N4O10S/c1-9-13-55-33-17-26-11-12-48-46(28(26)18-32(33)53-7)21-61-44-36-35(43-41(58-22-59-43)24(4)40(36)60-25(5)51)31(20-57-45(46)52)50-30(19-47)29-16-27-15-23(3)39(54-8)42(56-14-10-2)34(27)37(38(44)50)49(29)6/h15,17-18,29-31,37-38,44,48H,9-14,16,20-22H2,1-8H3/t29-,30+,31-,37+,38?,44-,46-/m1/s1. The molecule has 1 N–H and O–H groups in total. The van der Waals surface area contributed by atoms with Crippen LogP contribution in [-0.2, 0) is 32.7 Å². The molecule has 14 nitrogen and oxygen atoms in total. The summed E-state index contributed by atoms with van der Waals surface area (Å²) in [7, 11) is 5.37. The van der Waals surface area contributed by atoms with E-state index in [9.17, 15) is 10.1 Å². The maximum atomic E-state index is 15.1. The van der Waals surface area contributed by atoms with Crippen molar-refractivity contribution >= 4 is 23.7 Å². The number of fused-ring (bicyclic) bond motifs is 9. The zero-order valence-corrected chi connectivity index (χ0v) is 36.9. The second-order valence-corrected chi connectivity index (χ2v) is 17.9. The SMILES string of the molecule is CCCOc1cc2c(cc1OC)[C@@]1(CS[C@@H]3c4c(OC(C)=O)c(C)c5c(c4[C@@H](COC1=O)N1C3[C@@H]3c4c(cc(C)c(OC)c4OCCC)C[C@H]([C@@H]1C#N)N3C)OCO5)NCC2. The predicted molar refractivity (Wildman–Crippen MR) is 226 cm³/mol. The number of aryl methyl sites for hydroxylation is 1. The molecule has 0 amide bonds. The molecule has 7 heterocycles. The molecule has 2 fully saturated rings. The van der Waals surface area contributed by atoms with Crippen molar-refractivity contribution in [3.8, 4) is 46.3 Å². The number of nitrogens with zero attached hydrogens (tertiary/aromatic N) is 3. The van der Waals surface area contributed by atoms with Crippen molar-refractivity contribution in [2.75, 3.05) is 60.2 Å². The molecule has 7 atom stereocenters. The maximum absolute atomic E-state index is 15.1. The molecule has 0 aromatic heterocycles. The fraction of sp³-hybridized carbons (Fsp3) is 0.543. The first-order chi connectivity index (χ1) is 29.5. The van der Waals surface area contributed by atoms with E-state index >= 15 is 4.79 Å². The van der Waals surface area contributed by atoms with Gasteiger partial charge in [0.25, 0.3) is 0 Å². The van der Waals surface area contributed by atoms with Crippen molar-refractivity contribution < 1.29 is 47.5 Å². The van der Waals surface area contributed by atoms with Crippen LogP contribution in [-0.4, -0.2) is 100 Å². The third-order valence-corrected chi connectivity index (χ3v) is 14.8. The van der Waals surface area contributed by atoms with E-state index in [-0.39, 0.29) is 31.2 Å². The van der Waals surface area contributed by atoms with Gasteiger partial charge in [-0.05, 0) is 81.0 Å². The molecule has 4 bridgehead atoms. The number of hydrogen-bond donors (Lipinski definition) is 1. The molecule has 10 rings (SSSR count). The van der Waals surface area contributed by atoms with Crippen LogP contribution in [0.5, 0.6) is 40.2 Å². The number of thioether (sulfide) groups is 1. The van der Waals surface area contributed by atoms with Crippen LogP contribution in [0, 0.1) is 25.2 Å². The Balaban J connectivity index is 1.31. The highest BCUT2D eigenvalue weighted by molar-refractivity contribution is 7.99. The molecular formula is C46H54N4O10S. The molecule has 324 valence electrons. The van der Waals surface area contributed by atoms with Crippen LogP contribution in [0.2, 0.25) is 0 Å². The van der Waals surface area contributed by atoms with E-state index in [1.807, 2.05) is 26.0 Å². The molecule has 2 saturated heterocycles. The molecule has 1 unspecified atom stereocenters. The first kappa shape index (κ1) is 41.5. The lowest BCUT2D eigenvalue weighted by molar-refractivity contribution is -0.157.